The van der Waals surface area contributed by atoms with Crippen molar-refractivity contribution in [3.05, 3.63) is 42.2 Å². The van der Waals surface area contributed by atoms with E-state index in [0.717, 1.165) is 13.0 Å². The summed E-state index contributed by atoms with van der Waals surface area (Å²) in [6, 6.07) is 4.19. The van der Waals surface area contributed by atoms with Gasteiger partial charge in [0.15, 0.2) is 0 Å². The molecule has 0 N–H and O–H groups in total. The van der Waals surface area contributed by atoms with E-state index >= 15 is 0 Å². The minimum Gasteiger partial charge on any atom is -0.303 e. The van der Waals surface area contributed by atoms with Gasteiger partial charge >= 0.3 is 0 Å². The van der Waals surface area contributed by atoms with Gasteiger partial charge in [-0.15, -0.1) is 0 Å². The van der Waals surface area contributed by atoms with E-state index in [2.05, 4.69) is 23.2 Å². The van der Waals surface area contributed by atoms with E-state index in [1.807, 2.05) is 30.6 Å². The molecule has 3 nitrogen and oxygen atoms in total. The Balaban J connectivity index is 1.80. The van der Waals surface area contributed by atoms with Crippen LogP contribution < -0.4 is 0 Å². The van der Waals surface area contributed by atoms with Crippen LogP contribution in [-0.2, 0) is 11.3 Å². The number of rotatable bonds is 15. The summed E-state index contributed by atoms with van der Waals surface area (Å²) in [4.78, 5) is 9.26. The average Bonchev–Trinajstić information content (AvgIpc) is 2.62. The van der Waals surface area contributed by atoms with Crippen molar-refractivity contribution < 1.29 is 4.84 Å². The van der Waals surface area contributed by atoms with Crippen LogP contribution in [0, 0.1) is 0 Å². The topological polar surface area (TPSA) is 25.4 Å². The first-order valence-electron chi connectivity index (χ1n) is 9.62. The summed E-state index contributed by atoms with van der Waals surface area (Å²) in [5.74, 6) is 0. The highest BCUT2D eigenvalue weighted by Gasteiger charge is 1.95. The molecule has 136 valence electrons. The maximum Gasteiger partial charge on any atom is 0.0575 e. The van der Waals surface area contributed by atoms with Crippen molar-refractivity contribution in [1.82, 2.24) is 10.0 Å². The first-order chi connectivity index (χ1) is 11.8. The maximum atomic E-state index is 5.10. The summed E-state index contributed by atoms with van der Waals surface area (Å²) in [6.45, 7) is 1.04. The van der Waals surface area contributed by atoms with Gasteiger partial charge in [0.25, 0.3) is 0 Å². The normalized spacial score (nSPS) is 11.6. The first-order valence-corrected chi connectivity index (χ1v) is 9.62. The fraction of sp³-hybridized carbons (Fsp3) is 0.667. The highest BCUT2D eigenvalue weighted by Crippen LogP contribution is 2.09. The van der Waals surface area contributed by atoms with Crippen molar-refractivity contribution in [3.8, 4) is 0 Å². The molecule has 0 bridgehead atoms. The molecule has 0 unspecified atom stereocenters. The number of nitrogens with zero attached hydrogens (tertiary/aromatic N) is 2. The highest BCUT2D eigenvalue weighted by atomic mass is 16.7. The van der Waals surface area contributed by atoms with Crippen molar-refractivity contribution in [2.24, 2.45) is 0 Å². The number of unbranched alkanes of at least 4 members (excludes halogenated alkanes) is 8. The van der Waals surface area contributed by atoms with E-state index in [1.165, 1.54) is 69.8 Å². The van der Waals surface area contributed by atoms with Crippen LogP contribution in [0.2, 0.25) is 0 Å². The quantitative estimate of drug-likeness (QED) is 0.238. The van der Waals surface area contributed by atoms with Crippen LogP contribution >= 0.6 is 0 Å². The molecule has 0 aliphatic rings. The second kappa shape index (κ2) is 15.3. The zero-order chi connectivity index (χ0) is 17.3. The van der Waals surface area contributed by atoms with Crippen molar-refractivity contribution in [2.45, 2.75) is 70.6 Å². The molecule has 1 aromatic rings. The lowest BCUT2D eigenvalue weighted by Crippen LogP contribution is -2.17. The Morgan fingerprint density at radius 2 is 1.62 bits per heavy atom. The third-order valence-corrected chi connectivity index (χ3v) is 4.38. The molecule has 0 aliphatic heterocycles. The number of pyridine rings is 1. The van der Waals surface area contributed by atoms with Gasteiger partial charge in [-0.05, 0) is 56.6 Å². The van der Waals surface area contributed by atoms with E-state index < -0.39 is 0 Å². The molecule has 1 rings (SSSR count). The van der Waals surface area contributed by atoms with Gasteiger partial charge in [0.1, 0.15) is 0 Å². The molecule has 0 radical (unpaired) electrons. The Morgan fingerprint density at radius 1 is 0.958 bits per heavy atom. The van der Waals surface area contributed by atoms with Crippen LogP contribution in [0.3, 0.4) is 0 Å². The Labute approximate surface area is 149 Å². The number of aromatic nitrogens is 1. The summed E-state index contributed by atoms with van der Waals surface area (Å²) in [6.07, 6.45) is 22.7. The molecule has 24 heavy (non-hydrogen) atoms. The molecule has 0 aliphatic carbocycles. The second-order valence-electron chi connectivity index (χ2n) is 6.52. The van der Waals surface area contributed by atoms with Crippen molar-refractivity contribution in [3.63, 3.8) is 0 Å². The minimum absolute atomic E-state index is 1.04. The number of allylic oxidation sites excluding steroid dienone is 2. The van der Waals surface area contributed by atoms with E-state index in [0.29, 0.717) is 0 Å². The molecule has 0 spiro atoms. The Hall–Kier alpha value is -1.19. The lowest BCUT2D eigenvalue weighted by molar-refractivity contribution is -0.109. The van der Waals surface area contributed by atoms with Crippen LogP contribution in [0.1, 0.15) is 69.8 Å². The predicted octanol–water partition coefficient (Wildman–Crippen LogP) is 5.57. The lowest BCUT2D eigenvalue weighted by Gasteiger charge is -2.12. The largest absolute Gasteiger partial charge is 0.303 e. The zero-order valence-corrected chi connectivity index (χ0v) is 15.8. The third-order valence-electron chi connectivity index (χ3n) is 4.38. The van der Waals surface area contributed by atoms with Crippen LogP contribution in [0.5, 0.6) is 0 Å². The van der Waals surface area contributed by atoms with Crippen LogP contribution in [0.15, 0.2) is 36.7 Å². The van der Waals surface area contributed by atoms with Gasteiger partial charge in [0.05, 0.1) is 7.11 Å². The Kier molecular flexibility index (Phi) is 13.3. The van der Waals surface area contributed by atoms with E-state index in [1.54, 1.807) is 7.11 Å². The summed E-state index contributed by atoms with van der Waals surface area (Å²) in [5.41, 5.74) is 1.36. The number of aryl methyl sites for hydroxylation is 1. The van der Waals surface area contributed by atoms with Crippen molar-refractivity contribution >= 4 is 0 Å². The number of hydroxylamine groups is 2. The van der Waals surface area contributed by atoms with Crippen LogP contribution in [0.25, 0.3) is 0 Å². The van der Waals surface area contributed by atoms with Gasteiger partial charge in [-0.25, -0.2) is 0 Å². The SMILES string of the molecule is CON(C)CCCCCCCC/C=C/CCCCc1cccnc1. The van der Waals surface area contributed by atoms with Gasteiger partial charge in [-0.2, -0.15) is 5.06 Å². The summed E-state index contributed by atoms with van der Waals surface area (Å²) in [7, 11) is 3.72. The predicted molar refractivity (Wildman–Crippen MR) is 103 cm³/mol. The molecule has 0 saturated carbocycles. The molecule has 0 fully saturated rings. The van der Waals surface area contributed by atoms with Gasteiger partial charge < -0.3 is 4.84 Å². The fourth-order valence-corrected chi connectivity index (χ4v) is 2.77. The van der Waals surface area contributed by atoms with Gasteiger partial charge in [-0.3, -0.25) is 4.98 Å². The van der Waals surface area contributed by atoms with Crippen LogP contribution in [0.4, 0.5) is 0 Å². The minimum atomic E-state index is 1.04. The lowest BCUT2D eigenvalue weighted by atomic mass is 10.1. The molecule has 0 amide bonds. The number of hydrogen-bond acceptors (Lipinski definition) is 3. The number of hydrogen-bond donors (Lipinski definition) is 0. The molecule has 0 saturated heterocycles. The Bertz CT molecular complexity index is 406. The summed E-state index contributed by atoms with van der Waals surface area (Å²) >= 11 is 0. The Morgan fingerprint density at radius 3 is 2.29 bits per heavy atom. The highest BCUT2D eigenvalue weighted by molar-refractivity contribution is 5.08. The third kappa shape index (κ3) is 12.3. The fourth-order valence-electron chi connectivity index (χ4n) is 2.77. The van der Waals surface area contributed by atoms with Crippen LogP contribution in [-0.4, -0.2) is 30.7 Å². The van der Waals surface area contributed by atoms with Crippen molar-refractivity contribution in [2.75, 3.05) is 20.7 Å². The van der Waals surface area contributed by atoms with Crippen molar-refractivity contribution in [1.29, 1.82) is 0 Å². The van der Waals surface area contributed by atoms with E-state index in [9.17, 15) is 0 Å². The molecule has 0 atom stereocenters. The standard InChI is InChI=1S/C21H36N2O/c1-23(24-2)19-14-12-10-8-6-4-3-5-7-9-11-13-16-21-17-15-18-22-20-21/h5,7,15,17-18,20H,3-4,6,8-14,16,19H2,1-2H3/b7-5+. The molecular weight excluding hydrogens is 296 g/mol. The monoisotopic (exact) mass is 332 g/mol. The molecule has 1 aromatic heterocycles. The first kappa shape index (κ1) is 20.9. The molecule has 1 heterocycles. The van der Waals surface area contributed by atoms with E-state index in [4.69, 9.17) is 4.84 Å². The second-order valence-corrected chi connectivity index (χ2v) is 6.52. The van der Waals surface area contributed by atoms with Gasteiger partial charge in [-0.1, -0.05) is 43.9 Å². The van der Waals surface area contributed by atoms with Gasteiger partial charge in [0, 0.05) is 26.0 Å². The maximum absolute atomic E-state index is 5.10. The average molecular weight is 333 g/mol. The smallest absolute Gasteiger partial charge is 0.0575 e. The summed E-state index contributed by atoms with van der Waals surface area (Å²) in [5, 5.41) is 1.90. The molecule has 0 aromatic carbocycles. The van der Waals surface area contributed by atoms with E-state index in [-0.39, 0.29) is 0 Å². The zero-order valence-electron chi connectivity index (χ0n) is 15.8. The summed E-state index contributed by atoms with van der Waals surface area (Å²) < 4.78 is 0. The van der Waals surface area contributed by atoms with Gasteiger partial charge in [0.2, 0.25) is 0 Å². The molecule has 3 heteroatoms. The molecular formula is C21H36N2O.